The monoisotopic (exact) mass is 348 g/mol. The molecule has 3 nitrogen and oxygen atoms in total. The summed E-state index contributed by atoms with van der Waals surface area (Å²) in [7, 11) is 2.19. The fourth-order valence-electron chi connectivity index (χ4n) is 5.03. The number of nitrogens with one attached hydrogen (secondary N) is 1. The Morgan fingerprint density at radius 1 is 1.15 bits per heavy atom. The van der Waals surface area contributed by atoms with Crippen LogP contribution in [0.25, 0.3) is 21.7 Å². The van der Waals surface area contributed by atoms with Crippen molar-refractivity contribution < 1.29 is 4.79 Å². The second-order valence-electron chi connectivity index (χ2n) is 8.42. The highest BCUT2D eigenvalue weighted by Crippen LogP contribution is 2.67. The Morgan fingerprint density at radius 2 is 1.88 bits per heavy atom. The molecule has 1 fully saturated rings. The maximum Gasteiger partial charge on any atom is 0.216 e. The zero-order valence-electron chi connectivity index (χ0n) is 16.4. The van der Waals surface area contributed by atoms with Crippen molar-refractivity contribution in [2.45, 2.75) is 40.0 Å². The quantitative estimate of drug-likeness (QED) is 0.714. The average molecular weight is 348 g/mol. The number of amides is 1. The summed E-state index contributed by atoms with van der Waals surface area (Å²) in [6, 6.07) is 13.2. The first-order valence-corrected chi connectivity index (χ1v) is 9.55. The van der Waals surface area contributed by atoms with Gasteiger partial charge in [-0.15, -0.1) is 0 Å². The van der Waals surface area contributed by atoms with Crippen molar-refractivity contribution in [2.75, 3.05) is 6.54 Å². The molecule has 2 unspecified atom stereocenters. The van der Waals surface area contributed by atoms with E-state index in [4.69, 9.17) is 0 Å². The van der Waals surface area contributed by atoms with Crippen LogP contribution in [0.3, 0.4) is 0 Å². The van der Waals surface area contributed by atoms with Crippen LogP contribution in [0.2, 0.25) is 0 Å². The van der Waals surface area contributed by atoms with E-state index in [1.807, 2.05) is 0 Å². The first-order valence-electron chi connectivity index (χ1n) is 9.55. The Bertz CT molecular complexity index is 1010. The lowest BCUT2D eigenvalue weighted by Crippen LogP contribution is -2.21. The van der Waals surface area contributed by atoms with Crippen molar-refractivity contribution in [2.24, 2.45) is 18.4 Å². The van der Waals surface area contributed by atoms with Gasteiger partial charge in [0.2, 0.25) is 5.91 Å². The molecular weight excluding hydrogens is 320 g/mol. The van der Waals surface area contributed by atoms with E-state index in [0.29, 0.717) is 11.8 Å². The molecule has 3 aromatic rings. The van der Waals surface area contributed by atoms with Crippen LogP contribution in [-0.4, -0.2) is 17.0 Å². The minimum atomic E-state index is 0.0628. The summed E-state index contributed by atoms with van der Waals surface area (Å²) in [5.41, 5.74) is 4.50. The Kier molecular flexibility index (Phi) is 3.87. The number of rotatable bonds is 4. The van der Waals surface area contributed by atoms with Gasteiger partial charge in [-0.05, 0) is 41.5 Å². The maximum absolute atomic E-state index is 11.2. The molecule has 1 aliphatic rings. The second-order valence-corrected chi connectivity index (χ2v) is 8.42. The molecule has 3 heteroatoms. The van der Waals surface area contributed by atoms with Crippen molar-refractivity contribution in [3.05, 3.63) is 47.7 Å². The standard InChI is InChI=1S/C23H28N2O/c1-14-20(21-19(23(21,3)4)12-13-24-15(2)26)18-11-10-16-8-6-7-9-17(16)22(18)25(14)5/h6-11,19,21H,12-13H2,1-5H3,(H,24,26). The molecule has 1 heterocycles. The Hall–Kier alpha value is -2.29. The fourth-order valence-corrected chi connectivity index (χ4v) is 5.03. The van der Waals surface area contributed by atoms with Crippen LogP contribution in [-0.2, 0) is 11.8 Å². The van der Waals surface area contributed by atoms with Crippen LogP contribution in [0.4, 0.5) is 0 Å². The molecule has 1 saturated carbocycles. The van der Waals surface area contributed by atoms with Crippen LogP contribution >= 0.6 is 0 Å². The molecule has 4 rings (SSSR count). The Labute approximate surface area is 155 Å². The van der Waals surface area contributed by atoms with Gasteiger partial charge in [0.1, 0.15) is 0 Å². The van der Waals surface area contributed by atoms with Gasteiger partial charge in [-0.3, -0.25) is 4.79 Å². The van der Waals surface area contributed by atoms with Gasteiger partial charge in [0.25, 0.3) is 0 Å². The molecule has 1 amide bonds. The number of aromatic nitrogens is 1. The summed E-state index contributed by atoms with van der Waals surface area (Å²) in [4.78, 5) is 11.2. The molecule has 0 radical (unpaired) electrons. The number of carbonyl (C=O) groups excluding carboxylic acids is 1. The zero-order chi connectivity index (χ0) is 18.6. The molecular formula is C23H28N2O. The fraction of sp³-hybridized carbons (Fsp3) is 0.435. The summed E-state index contributed by atoms with van der Waals surface area (Å²) in [6.45, 7) is 9.36. The number of hydrogen-bond acceptors (Lipinski definition) is 1. The van der Waals surface area contributed by atoms with Crippen LogP contribution in [0.1, 0.15) is 44.4 Å². The molecule has 2 aromatic carbocycles. The van der Waals surface area contributed by atoms with Gasteiger partial charge in [0.15, 0.2) is 0 Å². The van der Waals surface area contributed by atoms with Gasteiger partial charge in [0, 0.05) is 37.0 Å². The topological polar surface area (TPSA) is 34.0 Å². The highest BCUT2D eigenvalue weighted by atomic mass is 16.1. The van der Waals surface area contributed by atoms with Crippen LogP contribution in [0, 0.1) is 18.3 Å². The van der Waals surface area contributed by atoms with Crippen LogP contribution < -0.4 is 5.32 Å². The molecule has 1 aliphatic carbocycles. The van der Waals surface area contributed by atoms with Gasteiger partial charge in [0.05, 0.1) is 5.52 Å². The lowest BCUT2D eigenvalue weighted by atomic mass is 9.98. The van der Waals surface area contributed by atoms with Gasteiger partial charge in [-0.25, -0.2) is 0 Å². The molecule has 26 heavy (non-hydrogen) atoms. The second kappa shape index (κ2) is 5.87. The van der Waals surface area contributed by atoms with Crippen molar-refractivity contribution in [1.29, 1.82) is 0 Å². The van der Waals surface area contributed by atoms with Gasteiger partial charge >= 0.3 is 0 Å². The summed E-state index contributed by atoms with van der Waals surface area (Å²) < 4.78 is 2.37. The minimum Gasteiger partial charge on any atom is -0.356 e. The van der Waals surface area contributed by atoms with Crippen LogP contribution in [0.15, 0.2) is 36.4 Å². The molecule has 0 saturated heterocycles. The smallest absolute Gasteiger partial charge is 0.216 e. The van der Waals surface area contributed by atoms with Crippen molar-refractivity contribution >= 4 is 27.6 Å². The lowest BCUT2D eigenvalue weighted by molar-refractivity contribution is -0.118. The molecule has 0 aliphatic heterocycles. The predicted molar refractivity (Wildman–Crippen MR) is 108 cm³/mol. The first kappa shape index (κ1) is 17.1. The van der Waals surface area contributed by atoms with Gasteiger partial charge in [-0.2, -0.15) is 0 Å². The third kappa shape index (κ3) is 2.45. The molecule has 2 atom stereocenters. The van der Waals surface area contributed by atoms with E-state index in [1.165, 1.54) is 32.9 Å². The summed E-state index contributed by atoms with van der Waals surface area (Å²) in [5, 5.41) is 6.98. The highest BCUT2D eigenvalue weighted by Gasteiger charge is 2.58. The van der Waals surface area contributed by atoms with Crippen molar-refractivity contribution in [3.63, 3.8) is 0 Å². The highest BCUT2D eigenvalue weighted by molar-refractivity contribution is 6.07. The molecule has 1 aromatic heterocycles. The number of nitrogens with zero attached hydrogens (tertiary/aromatic N) is 1. The third-order valence-electron chi connectivity index (χ3n) is 6.61. The number of carbonyl (C=O) groups is 1. The summed E-state index contributed by atoms with van der Waals surface area (Å²) in [6.07, 6.45) is 1.04. The number of fused-ring (bicyclic) bond motifs is 3. The van der Waals surface area contributed by atoms with E-state index in [2.05, 4.69) is 74.1 Å². The SMILES string of the molecule is CC(=O)NCCC1C(c2c(C)n(C)c3c2ccc2ccccc23)C1(C)C. The normalized spacial score (nSPS) is 21.3. The maximum atomic E-state index is 11.2. The molecule has 0 bridgehead atoms. The Balaban J connectivity index is 1.79. The van der Waals surface area contributed by atoms with Gasteiger partial charge in [-0.1, -0.05) is 50.2 Å². The molecule has 0 spiro atoms. The number of hydrogen-bond donors (Lipinski definition) is 1. The predicted octanol–water partition coefficient (Wildman–Crippen LogP) is 4.91. The molecule has 136 valence electrons. The van der Waals surface area contributed by atoms with E-state index >= 15 is 0 Å². The van der Waals surface area contributed by atoms with E-state index in [1.54, 1.807) is 6.92 Å². The van der Waals surface area contributed by atoms with Crippen molar-refractivity contribution in [1.82, 2.24) is 9.88 Å². The van der Waals surface area contributed by atoms with Gasteiger partial charge < -0.3 is 9.88 Å². The average Bonchev–Trinajstić information content (AvgIpc) is 3.03. The third-order valence-corrected chi connectivity index (χ3v) is 6.61. The Morgan fingerprint density at radius 3 is 2.62 bits per heavy atom. The van der Waals surface area contributed by atoms with E-state index in [9.17, 15) is 4.79 Å². The van der Waals surface area contributed by atoms with E-state index in [0.717, 1.165) is 13.0 Å². The van der Waals surface area contributed by atoms with E-state index in [-0.39, 0.29) is 11.3 Å². The van der Waals surface area contributed by atoms with Crippen LogP contribution in [0.5, 0.6) is 0 Å². The lowest BCUT2D eigenvalue weighted by Gasteiger charge is -2.04. The number of benzene rings is 2. The van der Waals surface area contributed by atoms with Crippen molar-refractivity contribution in [3.8, 4) is 0 Å². The summed E-state index contributed by atoms with van der Waals surface area (Å²) in [5.74, 6) is 1.24. The molecule has 1 N–H and O–H groups in total. The largest absolute Gasteiger partial charge is 0.356 e. The number of aryl methyl sites for hydroxylation is 1. The summed E-state index contributed by atoms with van der Waals surface area (Å²) >= 11 is 0. The van der Waals surface area contributed by atoms with E-state index < -0.39 is 0 Å². The first-order chi connectivity index (χ1) is 12.3. The minimum absolute atomic E-state index is 0.0628. The zero-order valence-corrected chi connectivity index (χ0v) is 16.4.